The predicted octanol–water partition coefficient (Wildman–Crippen LogP) is -1.13. The van der Waals surface area contributed by atoms with E-state index in [2.05, 4.69) is 5.32 Å². The van der Waals surface area contributed by atoms with Gasteiger partial charge in [-0.05, 0) is 25.5 Å². The summed E-state index contributed by atoms with van der Waals surface area (Å²) in [5, 5.41) is 9.73. The number of anilines is 1. The third kappa shape index (κ3) is 5.60. The summed E-state index contributed by atoms with van der Waals surface area (Å²) < 4.78 is 0. The van der Waals surface area contributed by atoms with Gasteiger partial charge in [0.05, 0.1) is 5.75 Å². The van der Waals surface area contributed by atoms with E-state index in [9.17, 15) is 4.79 Å². The van der Waals surface area contributed by atoms with Crippen LogP contribution in [0.25, 0.3) is 0 Å². The Bertz CT molecular complexity index is 423. The van der Waals surface area contributed by atoms with E-state index >= 15 is 0 Å². The van der Waals surface area contributed by atoms with Crippen molar-refractivity contribution in [1.29, 1.82) is 5.41 Å². The highest BCUT2D eigenvalue weighted by atomic mass is 35.5. The fourth-order valence-electron chi connectivity index (χ4n) is 1.28. The van der Waals surface area contributed by atoms with Crippen molar-refractivity contribution in [3.63, 3.8) is 0 Å². The lowest BCUT2D eigenvalue weighted by Gasteiger charge is -2.08. The smallest absolute Gasteiger partial charge is 0.234 e. The molecule has 17 heavy (non-hydrogen) atoms. The van der Waals surface area contributed by atoms with Crippen LogP contribution in [0.5, 0.6) is 0 Å². The molecule has 0 aliphatic rings. The maximum atomic E-state index is 11.5. The summed E-state index contributed by atoms with van der Waals surface area (Å²) in [6.45, 7) is 3.95. The van der Waals surface area contributed by atoms with Crippen LogP contribution in [-0.4, -0.2) is 16.8 Å². The second kappa shape index (κ2) is 7.19. The first-order valence-corrected chi connectivity index (χ1v) is 5.81. The monoisotopic (exact) mass is 272 g/mol. The normalized spacial score (nSPS) is 9.29. The van der Waals surface area contributed by atoms with Crippen LogP contribution in [0.4, 0.5) is 5.69 Å². The van der Waals surface area contributed by atoms with Gasteiger partial charge in [-0.25, -0.2) is 0 Å². The molecule has 0 heterocycles. The lowest BCUT2D eigenvalue weighted by molar-refractivity contribution is -0.113. The number of rotatable bonds is 3. The van der Waals surface area contributed by atoms with E-state index in [0.29, 0.717) is 0 Å². The van der Waals surface area contributed by atoms with Crippen molar-refractivity contribution in [3.8, 4) is 0 Å². The quantitative estimate of drug-likeness (QED) is 0.481. The summed E-state index contributed by atoms with van der Waals surface area (Å²) in [7, 11) is 0. The molecule has 1 aromatic carbocycles. The number of aryl methyl sites for hydroxylation is 2. The summed E-state index contributed by atoms with van der Waals surface area (Å²) >= 11 is 1.02. The number of benzene rings is 1. The standard InChI is InChI=1S/C11H15N3OS.ClH/c1-7-3-4-9(8(2)5-7)14-10(15)6-16-11(12)13;/h3-5H,6H2,1-2H3,(H3,12,13)(H,14,15);1H/p-1. The molecule has 0 aliphatic heterocycles. The maximum Gasteiger partial charge on any atom is 0.234 e. The minimum absolute atomic E-state index is 0. The number of thioether (sulfide) groups is 1. The molecule has 4 N–H and O–H groups in total. The average molecular weight is 273 g/mol. The van der Waals surface area contributed by atoms with Crippen molar-refractivity contribution in [2.45, 2.75) is 13.8 Å². The van der Waals surface area contributed by atoms with E-state index in [0.717, 1.165) is 28.6 Å². The van der Waals surface area contributed by atoms with Gasteiger partial charge >= 0.3 is 0 Å². The lowest BCUT2D eigenvalue weighted by atomic mass is 10.1. The minimum atomic E-state index is -0.146. The van der Waals surface area contributed by atoms with Gasteiger partial charge in [0.2, 0.25) is 5.91 Å². The molecule has 0 spiro atoms. The minimum Gasteiger partial charge on any atom is -1.00 e. The topological polar surface area (TPSA) is 79.0 Å². The van der Waals surface area contributed by atoms with Crippen LogP contribution in [0, 0.1) is 19.3 Å². The molecule has 0 aliphatic carbocycles. The Labute approximate surface area is 111 Å². The van der Waals surface area contributed by atoms with Gasteiger partial charge in [0.25, 0.3) is 0 Å². The first kappa shape index (κ1) is 15.8. The second-order valence-corrected chi connectivity index (χ2v) is 4.54. The molecule has 0 radical (unpaired) electrons. The molecule has 0 aromatic heterocycles. The van der Waals surface area contributed by atoms with Crippen LogP contribution in [0.15, 0.2) is 18.2 Å². The van der Waals surface area contributed by atoms with E-state index in [4.69, 9.17) is 11.1 Å². The van der Waals surface area contributed by atoms with E-state index in [-0.39, 0.29) is 29.2 Å². The van der Waals surface area contributed by atoms with Gasteiger partial charge in [0, 0.05) is 5.69 Å². The Morgan fingerprint density at radius 3 is 2.65 bits per heavy atom. The Hall–Kier alpha value is -1.20. The Morgan fingerprint density at radius 2 is 2.12 bits per heavy atom. The van der Waals surface area contributed by atoms with Crippen molar-refractivity contribution >= 4 is 28.5 Å². The van der Waals surface area contributed by atoms with Gasteiger partial charge in [-0.2, -0.15) is 0 Å². The zero-order valence-electron chi connectivity index (χ0n) is 9.71. The molecular formula is C11H15ClN3OS-. The largest absolute Gasteiger partial charge is 1.00 e. The molecule has 6 heteroatoms. The van der Waals surface area contributed by atoms with Crippen molar-refractivity contribution < 1.29 is 17.2 Å². The van der Waals surface area contributed by atoms with Crippen LogP contribution in [-0.2, 0) is 4.79 Å². The first-order chi connectivity index (χ1) is 7.49. The highest BCUT2D eigenvalue weighted by Gasteiger charge is 2.05. The van der Waals surface area contributed by atoms with Gasteiger partial charge in [-0.3, -0.25) is 10.2 Å². The number of halogens is 1. The van der Waals surface area contributed by atoms with Crippen molar-refractivity contribution in [2.75, 3.05) is 11.1 Å². The Kier molecular flexibility index (Phi) is 6.68. The van der Waals surface area contributed by atoms with Crippen LogP contribution in [0.3, 0.4) is 0 Å². The van der Waals surface area contributed by atoms with Gasteiger partial charge in [-0.1, -0.05) is 29.5 Å². The number of carbonyl (C=O) groups is 1. The predicted molar refractivity (Wildman–Crippen MR) is 68.9 cm³/mol. The Morgan fingerprint density at radius 1 is 1.47 bits per heavy atom. The summed E-state index contributed by atoms with van der Waals surface area (Å²) in [6, 6.07) is 5.83. The van der Waals surface area contributed by atoms with Crippen molar-refractivity contribution in [3.05, 3.63) is 29.3 Å². The molecule has 94 valence electrons. The van der Waals surface area contributed by atoms with Gasteiger partial charge in [-0.15, -0.1) is 0 Å². The van der Waals surface area contributed by atoms with Crippen LogP contribution >= 0.6 is 11.8 Å². The molecule has 1 aromatic rings. The van der Waals surface area contributed by atoms with Gasteiger partial charge in [0.15, 0.2) is 5.17 Å². The third-order valence-electron chi connectivity index (χ3n) is 2.01. The first-order valence-electron chi connectivity index (χ1n) is 4.83. The molecule has 0 bridgehead atoms. The summed E-state index contributed by atoms with van der Waals surface area (Å²) in [6.07, 6.45) is 0. The van der Waals surface area contributed by atoms with Crippen LogP contribution < -0.4 is 23.5 Å². The van der Waals surface area contributed by atoms with E-state index in [1.165, 1.54) is 0 Å². The number of amidine groups is 1. The van der Waals surface area contributed by atoms with Gasteiger partial charge in [0.1, 0.15) is 0 Å². The zero-order valence-corrected chi connectivity index (χ0v) is 11.3. The molecule has 0 fully saturated rings. The van der Waals surface area contributed by atoms with Gasteiger partial charge < -0.3 is 23.5 Å². The summed E-state index contributed by atoms with van der Waals surface area (Å²) in [5.74, 6) is 0.0231. The molecule has 4 nitrogen and oxygen atoms in total. The second-order valence-electron chi connectivity index (χ2n) is 3.52. The molecule has 1 rings (SSSR count). The molecule has 0 saturated carbocycles. The molecule has 0 saturated heterocycles. The molecule has 1 amide bonds. The van der Waals surface area contributed by atoms with Crippen molar-refractivity contribution in [1.82, 2.24) is 0 Å². The number of nitrogens with one attached hydrogen (secondary N) is 2. The molecule has 0 atom stereocenters. The molecule has 0 unspecified atom stereocenters. The fourth-order valence-corrected chi connectivity index (χ4v) is 1.64. The van der Waals surface area contributed by atoms with E-state index in [1.807, 2.05) is 32.0 Å². The van der Waals surface area contributed by atoms with Crippen molar-refractivity contribution in [2.24, 2.45) is 5.73 Å². The lowest BCUT2D eigenvalue weighted by Crippen LogP contribution is -3.00. The van der Waals surface area contributed by atoms with Crippen LogP contribution in [0.2, 0.25) is 0 Å². The van der Waals surface area contributed by atoms with Crippen LogP contribution in [0.1, 0.15) is 11.1 Å². The summed E-state index contributed by atoms with van der Waals surface area (Å²) in [4.78, 5) is 11.5. The fraction of sp³-hybridized carbons (Fsp3) is 0.273. The summed E-state index contributed by atoms with van der Waals surface area (Å²) in [5.41, 5.74) is 8.15. The number of nitrogens with two attached hydrogens (primary N) is 1. The number of hydrogen-bond acceptors (Lipinski definition) is 3. The average Bonchev–Trinajstić information content (AvgIpc) is 2.19. The van der Waals surface area contributed by atoms with E-state index in [1.54, 1.807) is 0 Å². The molecular weight excluding hydrogens is 258 g/mol. The maximum absolute atomic E-state index is 11.5. The zero-order chi connectivity index (χ0) is 12.1. The number of amides is 1. The Balaban J connectivity index is 0.00000256. The third-order valence-corrected chi connectivity index (χ3v) is 2.73. The number of carbonyl (C=O) groups excluding carboxylic acids is 1. The number of hydrogen-bond donors (Lipinski definition) is 3. The SMILES string of the molecule is Cc1ccc(NC(=O)CSC(=N)N)c(C)c1.[Cl-]. The van der Waals surface area contributed by atoms with E-state index < -0.39 is 0 Å². The highest BCUT2D eigenvalue weighted by molar-refractivity contribution is 8.14. The highest BCUT2D eigenvalue weighted by Crippen LogP contribution is 2.16.